The van der Waals surface area contributed by atoms with E-state index >= 15 is 0 Å². The molecular formula is C14H15ClN2OS. The van der Waals surface area contributed by atoms with E-state index in [4.69, 9.17) is 34.0 Å². The molecule has 0 radical (unpaired) electrons. The lowest BCUT2D eigenvalue weighted by molar-refractivity contribution is 0.482. The highest BCUT2D eigenvalue weighted by molar-refractivity contribution is 7.80. The highest BCUT2D eigenvalue weighted by Gasteiger charge is 2.12. The molecule has 0 aliphatic heterocycles. The van der Waals surface area contributed by atoms with Crippen molar-refractivity contribution in [1.82, 2.24) is 0 Å². The zero-order valence-electron chi connectivity index (χ0n) is 10.8. The van der Waals surface area contributed by atoms with Gasteiger partial charge in [-0.1, -0.05) is 23.8 Å². The first-order valence-corrected chi connectivity index (χ1v) is 6.62. The van der Waals surface area contributed by atoms with E-state index in [1.54, 1.807) is 6.07 Å². The number of furan rings is 1. The summed E-state index contributed by atoms with van der Waals surface area (Å²) < 4.78 is 5.57. The van der Waals surface area contributed by atoms with Gasteiger partial charge in [0.05, 0.1) is 6.54 Å². The molecule has 0 unspecified atom stereocenters. The largest absolute Gasteiger partial charge is 0.464 e. The topological polar surface area (TPSA) is 42.4 Å². The monoisotopic (exact) mass is 294 g/mol. The molecule has 3 nitrogen and oxygen atoms in total. The smallest absolute Gasteiger partial charge is 0.123 e. The van der Waals surface area contributed by atoms with Gasteiger partial charge in [-0.2, -0.15) is 0 Å². The second-order valence-corrected chi connectivity index (χ2v) is 5.27. The van der Waals surface area contributed by atoms with Gasteiger partial charge in [-0.25, -0.2) is 0 Å². The Kier molecular flexibility index (Phi) is 4.12. The van der Waals surface area contributed by atoms with E-state index in [0.29, 0.717) is 16.6 Å². The summed E-state index contributed by atoms with van der Waals surface area (Å²) in [5, 5.41) is 0.619. The van der Waals surface area contributed by atoms with Gasteiger partial charge >= 0.3 is 0 Å². The average molecular weight is 295 g/mol. The molecule has 5 heteroatoms. The van der Waals surface area contributed by atoms with Gasteiger partial charge in [-0.05, 0) is 37.3 Å². The molecule has 100 valence electrons. The molecular weight excluding hydrogens is 280 g/mol. The fraction of sp³-hybridized carbons (Fsp3) is 0.214. The quantitative estimate of drug-likeness (QED) is 0.876. The highest BCUT2D eigenvalue weighted by Crippen LogP contribution is 2.25. The van der Waals surface area contributed by atoms with Gasteiger partial charge in [0.1, 0.15) is 16.5 Å². The predicted molar refractivity (Wildman–Crippen MR) is 82.9 cm³/mol. The summed E-state index contributed by atoms with van der Waals surface area (Å²) in [4.78, 5) is 2.36. The van der Waals surface area contributed by atoms with Gasteiger partial charge < -0.3 is 15.1 Å². The SMILES string of the molecule is Cc1ccc(CN(C)c2ccc(Cl)cc2C(N)=S)o1. The second kappa shape index (κ2) is 5.63. The molecule has 2 N–H and O–H groups in total. The lowest BCUT2D eigenvalue weighted by atomic mass is 10.1. The van der Waals surface area contributed by atoms with Crippen LogP contribution in [0.2, 0.25) is 5.02 Å². The Morgan fingerprint density at radius 2 is 2.11 bits per heavy atom. The van der Waals surface area contributed by atoms with Crippen LogP contribution in [-0.2, 0) is 6.54 Å². The third-order valence-corrected chi connectivity index (χ3v) is 3.28. The van der Waals surface area contributed by atoms with E-state index in [-0.39, 0.29) is 0 Å². The normalized spacial score (nSPS) is 10.5. The summed E-state index contributed by atoms with van der Waals surface area (Å²) in [6.07, 6.45) is 0. The van der Waals surface area contributed by atoms with Crippen LogP contribution in [0.1, 0.15) is 17.1 Å². The van der Waals surface area contributed by atoms with E-state index < -0.39 is 0 Å². The molecule has 1 aromatic carbocycles. The van der Waals surface area contributed by atoms with Crippen molar-refractivity contribution in [3.05, 3.63) is 52.4 Å². The van der Waals surface area contributed by atoms with E-state index in [2.05, 4.69) is 0 Å². The second-order valence-electron chi connectivity index (χ2n) is 4.39. The minimum absolute atomic E-state index is 0.333. The van der Waals surface area contributed by atoms with Gasteiger partial charge in [0.2, 0.25) is 0 Å². The Balaban J connectivity index is 2.28. The molecule has 0 aliphatic carbocycles. The third-order valence-electron chi connectivity index (χ3n) is 2.82. The molecule has 0 saturated carbocycles. The summed E-state index contributed by atoms with van der Waals surface area (Å²) in [5.41, 5.74) is 7.45. The Morgan fingerprint density at radius 3 is 2.68 bits per heavy atom. The molecule has 0 amide bonds. The Morgan fingerprint density at radius 1 is 1.37 bits per heavy atom. The van der Waals surface area contributed by atoms with Gasteiger partial charge in [0.25, 0.3) is 0 Å². The van der Waals surface area contributed by atoms with Crippen molar-refractivity contribution in [3.8, 4) is 0 Å². The zero-order chi connectivity index (χ0) is 14.0. The number of anilines is 1. The van der Waals surface area contributed by atoms with Crippen LogP contribution < -0.4 is 10.6 Å². The number of nitrogens with zero attached hydrogens (tertiary/aromatic N) is 1. The van der Waals surface area contributed by atoms with E-state index in [9.17, 15) is 0 Å². The molecule has 1 heterocycles. The molecule has 1 aromatic heterocycles. The van der Waals surface area contributed by atoms with Gasteiger partial charge in [-0.3, -0.25) is 0 Å². The average Bonchev–Trinajstić information content (AvgIpc) is 2.74. The van der Waals surface area contributed by atoms with E-state index in [1.165, 1.54) is 0 Å². The van der Waals surface area contributed by atoms with Crippen molar-refractivity contribution in [1.29, 1.82) is 0 Å². The van der Waals surface area contributed by atoms with Crippen molar-refractivity contribution in [2.75, 3.05) is 11.9 Å². The number of hydrogen-bond donors (Lipinski definition) is 1. The fourth-order valence-corrected chi connectivity index (χ4v) is 2.26. The highest BCUT2D eigenvalue weighted by atomic mass is 35.5. The number of hydrogen-bond acceptors (Lipinski definition) is 3. The lowest BCUT2D eigenvalue weighted by Crippen LogP contribution is -2.21. The molecule has 2 rings (SSSR count). The molecule has 19 heavy (non-hydrogen) atoms. The summed E-state index contributed by atoms with van der Waals surface area (Å²) in [6.45, 7) is 2.57. The van der Waals surface area contributed by atoms with Crippen LogP contribution in [0.25, 0.3) is 0 Å². The number of thiocarbonyl (C=S) groups is 1. The van der Waals surface area contributed by atoms with Gasteiger partial charge in [0, 0.05) is 23.3 Å². The standard InChI is InChI=1S/C14H15ClN2OS/c1-9-3-5-11(18-9)8-17(2)13-6-4-10(15)7-12(13)14(16)19/h3-7H,8H2,1-2H3,(H2,16,19). The molecule has 2 aromatic rings. The van der Waals surface area contributed by atoms with Crippen molar-refractivity contribution < 1.29 is 4.42 Å². The molecule has 0 saturated heterocycles. The predicted octanol–water partition coefficient (Wildman–Crippen LogP) is 3.51. The molecule has 0 aliphatic rings. The van der Waals surface area contributed by atoms with Gasteiger partial charge in [-0.15, -0.1) is 0 Å². The van der Waals surface area contributed by atoms with Crippen molar-refractivity contribution in [3.63, 3.8) is 0 Å². The number of halogens is 1. The first-order valence-electron chi connectivity index (χ1n) is 5.83. The van der Waals surface area contributed by atoms with E-state index in [1.807, 2.05) is 43.1 Å². The minimum atomic E-state index is 0.333. The molecule has 0 atom stereocenters. The summed E-state index contributed by atoms with van der Waals surface area (Å²) in [6, 6.07) is 9.42. The Labute approximate surface area is 123 Å². The van der Waals surface area contributed by atoms with Crippen LogP contribution in [0.15, 0.2) is 34.7 Å². The van der Waals surface area contributed by atoms with Gasteiger partial charge in [0.15, 0.2) is 0 Å². The first-order chi connectivity index (χ1) is 8.97. The summed E-state index contributed by atoms with van der Waals surface area (Å²) in [5.74, 6) is 1.79. The van der Waals surface area contributed by atoms with Crippen LogP contribution in [-0.4, -0.2) is 12.0 Å². The Hall–Kier alpha value is -1.52. The number of benzene rings is 1. The van der Waals surface area contributed by atoms with Crippen LogP contribution >= 0.6 is 23.8 Å². The van der Waals surface area contributed by atoms with Crippen LogP contribution in [0.5, 0.6) is 0 Å². The maximum atomic E-state index is 5.98. The summed E-state index contributed by atoms with van der Waals surface area (Å²) >= 11 is 11.0. The molecule has 0 bridgehead atoms. The molecule has 0 spiro atoms. The van der Waals surface area contributed by atoms with Crippen LogP contribution in [0.3, 0.4) is 0 Å². The maximum absolute atomic E-state index is 5.98. The lowest BCUT2D eigenvalue weighted by Gasteiger charge is -2.21. The zero-order valence-corrected chi connectivity index (χ0v) is 12.4. The van der Waals surface area contributed by atoms with Crippen molar-refractivity contribution in [2.24, 2.45) is 5.73 Å². The first kappa shape index (κ1) is 13.9. The third kappa shape index (κ3) is 3.28. The van der Waals surface area contributed by atoms with E-state index in [0.717, 1.165) is 22.8 Å². The molecule has 0 fully saturated rings. The fourth-order valence-electron chi connectivity index (χ4n) is 1.93. The maximum Gasteiger partial charge on any atom is 0.123 e. The minimum Gasteiger partial charge on any atom is -0.464 e. The summed E-state index contributed by atoms with van der Waals surface area (Å²) in [7, 11) is 1.96. The number of aryl methyl sites for hydroxylation is 1. The van der Waals surface area contributed by atoms with Crippen molar-refractivity contribution in [2.45, 2.75) is 13.5 Å². The Bertz CT molecular complexity index is 609. The number of nitrogens with two attached hydrogens (primary N) is 1. The van der Waals surface area contributed by atoms with Crippen LogP contribution in [0, 0.1) is 6.92 Å². The van der Waals surface area contributed by atoms with Crippen molar-refractivity contribution >= 4 is 34.5 Å². The number of rotatable bonds is 4. The van der Waals surface area contributed by atoms with Crippen LogP contribution in [0.4, 0.5) is 5.69 Å².